The highest BCUT2D eigenvalue weighted by Crippen LogP contribution is 2.73. The van der Waals surface area contributed by atoms with Gasteiger partial charge in [0.15, 0.2) is 0 Å². The molecule has 0 saturated heterocycles. The fourth-order valence-electron chi connectivity index (χ4n) is 6.83. The zero-order chi connectivity index (χ0) is 17.2. The van der Waals surface area contributed by atoms with Gasteiger partial charge in [0, 0.05) is 5.92 Å². The molecule has 3 aliphatic rings. The molecule has 0 N–H and O–H groups in total. The standard InChI is InChI=1S/C22H30O2/c1-15-10-11-17-20(2,3)18-14-22(15,17)13-12-21(18,4)24-19(23)16-8-6-5-7-9-16/h5-9,15,17-18H,10-14H2,1-4H3. The van der Waals surface area contributed by atoms with Crippen LogP contribution in [0.2, 0.25) is 0 Å². The van der Waals surface area contributed by atoms with E-state index >= 15 is 0 Å². The van der Waals surface area contributed by atoms with E-state index in [2.05, 4.69) is 27.7 Å². The molecule has 2 nitrogen and oxygen atoms in total. The molecule has 3 fully saturated rings. The summed E-state index contributed by atoms with van der Waals surface area (Å²) in [5.74, 6) is 1.93. The molecule has 0 aromatic heterocycles. The predicted octanol–water partition coefficient (Wildman–Crippen LogP) is 5.47. The number of fused-ring (bicyclic) bond motifs is 1. The zero-order valence-corrected chi connectivity index (χ0v) is 15.5. The van der Waals surface area contributed by atoms with Crippen LogP contribution >= 0.6 is 0 Å². The average molecular weight is 326 g/mol. The average Bonchev–Trinajstić information content (AvgIpc) is 2.98. The van der Waals surface area contributed by atoms with Crippen LogP contribution in [0.15, 0.2) is 30.3 Å². The van der Waals surface area contributed by atoms with Crippen molar-refractivity contribution < 1.29 is 9.53 Å². The van der Waals surface area contributed by atoms with Gasteiger partial charge in [0.1, 0.15) is 5.60 Å². The van der Waals surface area contributed by atoms with Crippen molar-refractivity contribution in [1.82, 2.24) is 0 Å². The van der Waals surface area contributed by atoms with Gasteiger partial charge in [-0.25, -0.2) is 4.79 Å². The largest absolute Gasteiger partial charge is 0.455 e. The second kappa shape index (κ2) is 5.09. The number of carbonyl (C=O) groups excluding carboxylic acids is 1. The first-order valence-electron chi connectivity index (χ1n) is 9.58. The lowest BCUT2D eigenvalue weighted by molar-refractivity contribution is -0.0882. The van der Waals surface area contributed by atoms with Gasteiger partial charge >= 0.3 is 5.97 Å². The van der Waals surface area contributed by atoms with E-state index in [1.54, 1.807) is 0 Å². The van der Waals surface area contributed by atoms with Gasteiger partial charge in [0.25, 0.3) is 0 Å². The first-order valence-corrected chi connectivity index (χ1v) is 9.58. The number of ether oxygens (including phenoxy) is 1. The summed E-state index contributed by atoms with van der Waals surface area (Å²) in [4.78, 5) is 12.7. The van der Waals surface area contributed by atoms with Crippen LogP contribution in [0.25, 0.3) is 0 Å². The lowest BCUT2D eigenvalue weighted by Gasteiger charge is -2.46. The number of rotatable bonds is 2. The SMILES string of the molecule is CC1CCC2C(C)(C)C3CC12CCC3(C)OC(=O)c1ccccc1. The van der Waals surface area contributed by atoms with Gasteiger partial charge in [-0.15, -0.1) is 0 Å². The van der Waals surface area contributed by atoms with Crippen LogP contribution < -0.4 is 0 Å². The molecular weight excluding hydrogens is 296 g/mol. The van der Waals surface area contributed by atoms with Crippen molar-refractivity contribution in [2.45, 2.75) is 65.4 Å². The highest BCUT2D eigenvalue weighted by molar-refractivity contribution is 5.89. The molecule has 0 amide bonds. The monoisotopic (exact) mass is 326 g/mol. The topological polar surface area (TPSA) is 26.3 Å². The molecule has 3 saturated carbocycles. The van der Waals surface area contributed by atoms with E-state index in [1.807, 2.05) is 30.3 Å². The molecule has 3 aliphatic carbocycles. The molecular formula is C22H30O2. The molecule has 0 heterocycles. The van der Waals surface area contributed by atoms with E-state index < -0.39 is 0 Å². The van der Waals surface area contributed by atoms with E-state index in [4.69, 9.17) is 4.74 Å². The lowest BCUT2D eigenvalue weighted by atomic mass is 9.64. The number of hydrogen-bond acceptors (Lipinski definition) is 2. The van der Waals surface area contributed by atoms with Crippen LogP contribution in [0.5, 0.6) is 0 Å². The minimum atomic E-state index is -0.328. The van der Waals surface area contributed by atoms with Crippen molar-refractivity contribution in [2.75, 3.05) is 0 Å². The Bertz CT molecular complexity index is 649. The minimum absolute atomic E-state index is 0.157. The van der Waals surface area contributed by atoms with Crippen molar-refractivity contribution >= 4 is 5.97 Å². The van der Waals surface area contributed by atoms with E-state index in [0.717, 1.165) is 18.3 Å². The Hall–Kier alpha value is -1.31. The number of hydrogen-bond donors (Lipinski definition) is 0. The highest BCUT2D eigenvalue weighted by atomic mass is 16.6. The Morgan fingerprint density at radius 1 is 1.04 bits per heavy atom. The van der Waals surface area contributed by atoms with Gasteiger partial charge in [-0.1, -0.05) is 39.0 Å². The molecule has 2 bridgehead atoms. The summed E-state index contributed by atoms with van der Waals surface area (Å²) in [6, 6.07) is 9.45. The molecule has 0 aliphatic heterocycles. The van der Waals surface area contributed by atoms with Crippen LogP contribution in [0.1, 0.15) is 70.2 Å². The predicted molar refractivity (Wildman–Crippen MR) is 95.7 cm³/mol. The van der Waals surface area contributed by atoms with Gasteiger partial charge in [-0.05, 0) is 73.8 Å². The van der Waals surface area contributed by atoms with Crippen LogP contribution in [-0.4, -0.2) is 11.6 Å². The normalized spacial score (nSPS) is 42.6. The molecule has 5 unspecified atom stereocenters. The third kappa shape index (κ3) is 2.04. The Balaban J connectivity index is 1.63. The van der Waals surface area contributed by atoms with Crippen molar-refractivity contribution in [3.63, 3.8) is 0 Å². The summed E-state index contributed by atoms with van der Waals surface area (Å²) in [6.07, 6.45) is 6.21. The smallest absolute Gasteiger partial charge is 0.338 e. The van der Waals surface area contributed by atoms with Crippen LogP contribution in [0.3, 0.4) is 0 Å². The molecule has 130 valence electrons. The quantitative estimate of drug-likeness (QED) is 0.673. The summed E-state index contributed by atoms with van der Waals surface area (Å²) in [5, 5.41) is 0. The molecule has 4 rings (SSSR count). The molecule has 5 atom stereocenters. The maximum absolute atomic E-state index is 12.7. The van der Waals surface area contributed by atoms with Crippen molar-refractivity contribution in [1.29, 1.82) is 0 Å². The summed E-state index contributed by atoms with van der Waals surface area (Å²) < 4.78 is 6.19. The van der Waals surface area contributed by atoms with Gasteiger partial charge < -0.3 is 4.74 Å². The molecule has 0 radical (unpaired) electrons. The second-order valence-corrected chi connectivity index (χ2v) is 9.41. The highest BCUT2D eigenvalue weighted by Gasteiger charge is 2.68. The Morgan fingerprint density at radius 2 is 1.75 bits per heavy atom. The molecule has 24 heavy (non-hydrogen) atoms. The van der Waals surface area contributed by atoms with Crippen LogP contribution in [0, 0.1) is 28.6 Å². The number of esters is 1. The summed E-state index contributed by atoms with van der Waals surface area (Å²) >= 11 is 0. The Labute approximate surface area is 146 Å². The van der Waals surface area contributed by atoms with Crippen molar-refractivity contribution in [3.8, 4) is 0 Å². The molecule has 2 heteroatoms. The summed E-state index contributed by atoms with van der Waals surface area (Å²) in [7, 11) is 0. The molecule has 1 spiro atoms. The molecule has 1 aromatic carbocycles. The fraction of sp³-hybridized carbons (Fsp3) is 0.682. The van der Waals surface area contributed by atoms with Gasteiger partial charge in [-0.3, -0.25) is 0 Å². The van der Waals surface area contributed by atoms with Crippen molar-refractivity contribution in [3.05, 3.63) is 35.9 Å². The maximum Gasteiger partial charge on any atom is 0.338 e. The molecule has 1 aromatic rings. The zero-order valence-electron chi connectivity index (χ0n) is 15.5. The lowest BCUT2D eigenvalue weighted by Crippen LogP contribution is -2.47. The summed E-state index contributed by atoms with van der Waals surface area (Å²) in [6.45, 7) is 9.51. The van der Waals surface area contributed by atoms with E-state index in [1.165, 1.54) is 25.7 Å². The maximum atomic E-state index is 12.7. The minimum Gasteiger partial charge on any atom is -0.455 e. The van der Waals surface area contributed by atoms with Crippen LogP contribution in [-0.2, 0) is 4.74 Å². The van der Waals surface area contributed by atoms with Gasteiger partial charge in [0.05, 0.1) is 5.56 Å². The third-order valence-electron chi connectivity index (χ3n) is 8.10. The first-order chi connectivity index (χ1) is 11.3. The number of carbonyl (C=O) groups is 1. The Morgan fingerprint density at radius 3 is 2.46 bits per heavy atom. The third-order valence-corrected chi connectivity index (χ3v) is 8.10. The van der Waals surface area contributed by atoms with Gasteiger partial charge in [0.2, 0.25) is 0 Å². The van der Waals surface area contributed by atoms with Crippen molar-refractivity contribution in [2.24, 2.45) is 28.6 Å². The summed E-state index contributed by atoms with van der Waals surface area (Å²) in [5.41, 5.74) is 1.11. The van der Waals surface area contributed by atoms with E-state index in [-0.39, 0.29) is 17.0 Å². The van der Waals surface area contributed by atoms with Gasteiger partial charge in [-0.2, -0.15) is 0 Å². The van der Waals surface area contributed by atoms with Crippen LogP contribution in [0.4, 0.5) is 0 Å². The van der Waals surface area contributed by atoms with E-state index in [9.17, 15) is 4.79 Å². The van der Waals surface area contributed by atoms with E-state index in [0.29, 0.717) is 16.9 Å². The number of benzene rings is 1. The fourth-order valence-corrected chi connectivity index (χ4v) is 6.83. The second-order valence-electron chi connectivity index (χ2n) is 9.41. The Kier molecular flexibility index (Phi) is 3.43. The first kappa shape index (κ1) is 16.2.